The molecule has 4 rings (SSSR count). The van der Waals surface area contributed by atoms with Crippen molar-refractivity contribution in [1.82, 2.24) is 10.6 Å². The number of carbonyl (C=O) groups excluding carboxylic acids is 2. The van der Waals surface area contributed by atoms with Gasteiger partial charge in [0.05, 0.1) is 11.6 Å². The van der Waals surface area contributed by atoms with Gasteiger partial charge in [0.1, 0.15) is 12.1 Å². The third-order valence-corrected chi connectivity index (χ3v) is 7.00. The van der Waals surface area contributed by atoms with Crippen LogP contribution in [0, 0.1) is 0 Å². The van der Waals surface area contributed by atoms with Crippen LogP contribution in [0.25, 0.3) is 0 Å². The quantitative estimate of drug-likeness (QED) is 0.239. The van der Waals surface area contributed by atoms with E-state index in [0.29, 0.717) is 12.8 Å². The number of carbonyl (C=O) groups is 2. The van der Waals surface area contributed by atoms with Crippen molar-refractivity contribution < 1.29 is 9.59 Å². The standard InChI is InChI=1S/C33H36N4O2/c1-33(27-20-12-5-13-21-27,23-25-16-8-3-9-17-25)37-32(39)30(35)29(34)31(38)36-28(26-18-10-4-11-19-26)22-24-14-6-2-7-15-24/h2-21,28-30H,22-23,34-35H2,1H3,(H,36,38)(H,37,39). The summed E-state index contributed by atoms with van der Waals surface area (Å²) in [5, 5.41) is 6.12. The molecular weight excluding hydrogens is 484 g/mol. The maximum Gasteiger partial charge on any atom is 0.239 e. The Kier molecular flexibility index (Phi) is 9.26. The Morgan fingerprint density at radius 1 is 0.667 bits per heavy atom. The molecule has 0 fully saturated rings. The van der Waals surface area contributed by atoms with Gasteiger partial charge in [-0.3, -0.25) is 9.59 Å². The van der Waals surface area contributed by atoms with Crippen LogP contribution < -0.4 is 22.1 Å². The van der Waals surface area contributed by atoms with Crippen LogP contribution in [0.1, 0.15) is 35.2 Å². The molecule has 0 aliphatic carbocycles. The molecule has 6 heteroatoms. The highest BCUT2D eigenvalue weighted by atomic mass is 16.2. The van der Waals surface area contributed by atoms with E-state index in [1.807, 2.05) is 128 Å². The molecule has 0 spiro atoms. The summed E-state index contributed by atoms with van der Waals surface area (Å²) in [5.41, 5.74) is 15.9. The van der Waals surface area contributed by atoms with Gasteiger partial charge in [0, 0.05) is 0 Å². The first-order chi connectivity index (χ1) is 18.9. The largest absolute Gasteiger partial charge is 0.348 e. The first-order valence-electron chi connectivity index (χ1n) is 13.2. The number of benzene rings is 4. The fraction of sp³-hybridized carbons (Fsp3) is 0.212. The second-order valence-electron chi connectivity index (χ2n) is 10.1. The predicted octanol–water partition coefficient (Wildman–Crippen LogP) is 4.02. The highest BCUT2D eigenvalue weighted by Gasteiger charge is 2.35. The summed E-state index contributed by atoms with van der Waals surface area (Å²) in [6.45, 7) is 1.96. The first kappa shape index (κ1) is 27.8. The lowest BCUT2D eigenvalue weighted by atomic mass is 9.85. The smallest absolute Gasteiger partial charge is 0.239 e. The van der Waals surface area contributed by atoms with Gasteiger partial charge in [-0.25, -0.2) is 0 Å². The van der Waals surface area contributed by atoms with E-state index >= 15 is 0 Å². The monoisotopic (exact) mass is 520 g/mol. The molecule has 0 saturated carbocycles. The summed E-state index contributed by atoms with van der Waals surface area (Å²) in [5.74, 6) is -0.967. The van der Waals surface area contributed by atoms with Gasteiger partial charge in [-0.05, 0) is 42.0 Å². The van der Waals surface area contributed by atoms with Gasteiger partial charge in [0.2, 0.25) is 11.8 Å². The van der Waals surface area contributed by atoms with Crippen molar-refractivity contribution >= 4 is 11.8 Å². The number of nitrogens with two attached hydrogens (primary N) is 2. The fourth-order valence-electron chi connectivity index (χ4n) is 4.77. The summed E-state index contributed by atoms with van der Waals surface area (Å²) in [4.78, 5) is 26.7. The van der Waals surface area contributed by atoms with E-state index in [1.165, 1.54) is 0 Å². The molecule has 0 saturated heterocycles. The average Bonchev–Trinajstić information content (AvgIpc) is 2.98. The van der Waals surface area contributed by atoms with Crippen LogP contribution in [0.4, 0.5) is 0 Å². The lowest BCUT2D eigenvalue weighted by molar-refractivity contribution is -0.130. The maximum atomic E-state index is 13.4. The van der Waals surface area contributed by atoms with Crippen molar-refractivity contribution in [2.75, 3.05) is 0 Å². The Hall–Kier alpha value is -4.26. The Bertz CT molecular complexity index is 1330. The minimum Gasteiger partial charge on any atom is -0.348 e. The molecule has 0 heterocycles. The molecule has 4 atom stereocenters. The Labute approximate surface area is 230 Å². The molecule has 200 valence electrons. The topological polar surface area (TPSA) is 110 Å². The van der Waals surface area contributed by atoms with E-state index in [-0.39, 0.29) is 6.04 Å². The van der Waals surface area contributed by atoms with Crippen molar-refractivity contribution in [2.24, 2.45) is 11.5 Å². The number of rotatable bonds is 11. The van der Waals surface area contributed by atoms with Crippen molar-refractivity contribution in [1.29, 1.82) is 0 Å². The number of nitrogens with one attached hydrogen (secondary N) is 2. The minimum atomic E-state index is -1.24. The third kappa shape index (κ3) is 7.41. The van der Waals surface area contributed by atoms with E-state index < -0.39 is 29.4 Å². The van der Waals surface area contributed by atoms with E-state index in [2.05, 4.69) is 10.6 Å². The highest BCUT2D eigenvalue weighted by molar-refractivity contribution is 5.92. The van der Waals surface area contributed by atoms with Crippen LogP contribution in [0.2, 0.25) is 0 Å². The Morgan fingerprint density at radius 3 is 1.69 bits per heavy atom. The molecule has 0 aliphatic heterocycles. The SMILES string of the molecule is CC(Cc1ccccc1)(NC(=O)C(N)C(N)C(=O)NC(Cc1ccccc1)c1ccccc1)c1ccccc1. The van der Waals surface area contributed by atoms with Crippen LogP contribution in [0.3, 0.4) is 0 Å². The molecule has 6 N–H and O–H groups in total. The van der Waals surface area contributed by atoms with Crippen molar-refractivity contribution in [3.05, 3.63) is 144 Å². The zero-order valence-corrected chi connectivity index (χ0v) is 22.2. The summed E-state index contributed by atoms with van der Waals surface area (Å²) in [6.07, 6.45) is 1.12. The lowest BCUT2D eigenvalue weighted by Gasteiger charge is -2.34. The number of amides is 2. The van der Waals surface area contributed by atoms with Gasteiger partial charge in [0.15, 0.2) is 0 Å². The Morgan fingerprint density at radius 2 is 1.13 bits per heavy atom. The van der Waals surface area contributed by atoms with Crippen LogP contribution >= 0.6 is 0 Å². The van der Waals surface area contributed by atoms with E-state index in [4.69, 9.17) is 11.5 Å². The second-order valence-corrected chi connectivity index (χ2v) is 10.1. The summed E-state index contributed by atoms with van der Waals surface area (Å²) >= 11 is 0. The summed E-state index contributed by atoms with van der Waals surface area (Å²) < 4.78 is 0. The van der Waals surface area contributed by atoms with Gasteiger partial charge in [-0.15, -0.1) is 0 Å². The predicted molar refractivity (Wildman–Crippen MR) is 156 cm³/mol. The van der Waals surface area contributed by atoms with Crippen molar-refractivity contribution in [2.45, 2.75) is 43.4 Å². The average molecular weight is 521 g/mol. The normalized spacial score (nSPS) is 14.8. The van der Waals surface area contributed by atoms with Crippen LogP contribution in [-0.4, -0.2) is 23.9 Å². The van der Waals surface area contributed by atoms with Gasteiger partial charge < -0.3 is 22.1 Å². The van der Waals surface area contributed by atoms with Gasteiger partial charge in [-0.2, -0.15) is 0 Å². The van der Waals surface area contributed by atoms with E-state index in [9.17, 15) is 9.59 Å². The minimum absolute atomic E-state index is 0.324. The van der Waals surface area contributed by atoms with Crippen LogP contribution in [-0.2, 0) is 28.0 Å². The van der Waals surface area contributed by atoms with Crippen LogP contribution in [0.5, 0.6) is 0 Å². The molecule has 4 aromatic rings. The van der Waals surface area contributed by atoms with Gasteiger partial charge in [0.25, 0.3) is 0 Å². The molecule has 4 aromatic carbocycles. The van der Waals surface area contributed by atoms with E-state index in [0.717, 1.165) is 22.3 Å². The number of hydrogen-bond acceptors (Lipinski definition) is 4. The molecule has 0 bridgehead atoms. The number of hydrogen-bond donors (Lipinski definition) is 4. The van der Waals surface area contributed by atoms with Crippen molar-refractivity contribution in [3.8, 4) is 0 Å². The molecule has 2 amide bonds. The first-order valence-corrected chi connectivity index (χ1v) is 13.2. The third-order valence-electron chi connectivity index (χ3n) is 7.00. The molecule has 39 heavy (non-hydrogen) atoms. The van der Waals surface area contributed by atoms with Crippen molar-refractivity contribution in [3.63, 3.8) is 0 Å². The zero-order chi connectivity index (χ0) is 27.7. The Balaban J connectivity index is 1.49. The maximum absolute atomic E-state index is 13.4. The summed E-state index contributed by atoms with van der Waals surface area (Å²) in [6, 6.07) is 36.4. The molecule has 4 unspecified atom stereocenters. The zero-order valence-electron chi connectivity index (χ0n) is 22.2. The molecular formula is C33H36N4O2. The molecule has 0 aromatic heterocycles. The van der Waals surface area contributed by atoms with Gasteiger partial charge in [-0.1, -0.05) is 121 Å². The fourth-order valence-corrected chi connectivity index (χ4v) is 4.77. The second kappa shape index (κ2) is 13.0. The molecule has 0 aliphatic rings. The molecule has 0 radical (unpaired) electrons. The lowest BCUT2D eigenvalue weighted by Crippen LogP contribution is -2.61. The highest BCUT2D eigenvalue weighted by Crippen LogP contribution is 2.26. The van der Waals surface area contributed by atoms with Gasteiger partial charge >= 0.3 is 0 Å². The summed E-state index contributed by atoms with van der Waals surface area (Å²) in [7, 11) is 0. The van der Waals surface area contributed by atoms with Crippen LogP contribution in [0.15, 0.2) is 121 Å². The van der Waals surface area contributed by atoms with E-state index in [1.54, 1.807) is 0 Å². The molecule has 6 nitrogen and oxygen atoms in total.